The minimum Gasteiger partial charge on any atom is -0.491 e. The molecule has 0 saturated heterocycles. The number of aromatic nitrogens is 2. The van der Waals surface area contributed by atoms with Gasteiger partial charge in [0.05, 0.1) is 23.4 Å². The Labute approximate surface area is 210 Å². The van der Waals surface area contributed by atoms with E-state index in [1.54, 1.807) is 41.2 Å². The quantitative estimate of drug-likeness (QED) is 0.277. The van der Waals surface area contributed by atoms with Gasteiger partial charge in [0.2, 0.25) is 0 Å². The molecule has 190 valence electrons. The number of hydrogen-bond donors (Lipinski definition) is 1. The lowest BCUT2D eigenvalue weighted by atomic mass is 10.1. The summed E-state index contributed by atoms with van der Waals surface area (Å²) in [4.78, 5) is 10.9. The predicted octanol–water partition coefficient (Wildman–Crippen LogP) is 6.45. The number of ether oxygens (including phenoxy) is 1. The third-order valence-electron chi connectivity index (χ3n) is 5.40. The normalized spacial score (nSPS) is 12.0. The molecule has 0 aliphatic carbocycles. The van der Waals surface area contributed by atoms with E-state index in [0.717, 1.165) is 10.9 Å². The highest BCUT2D eigenvalue weighted by Crippen LogP contribution is 2.23. The maximum absolute atomic E-state index is 13.1. The van der Waals surface area contributed by atoms with Crippen molar-refractivity contribution in [2.24, 2.45) is 0 Å². The minimum atomic E-state index is -4.93. The van der Waals surface area contributed by atoms with Crippen LogP contribution in [0.4, 0.5) is 17.6 Å². The molecule has 9 heteroatoms. The summed E-state index contributed by atoms with van der Waals surface area (Å²) in [7, 11) is 0. The zero-order chi connectivity index (χ0) is 26.4. The third-order valence-corrected chi connectivity index (χ3v) is 5.40. The number of rotatable bonds is 5. The summed E-state index contributed by atoms with van der Waals surface area (Å²) in [5.41, 5.74) is 1.44. The fourth-order valence-corrected chi connectivity index (χ4v) is 3.59. The van der Waals surface area contributed by atoms with Gasteiger partial charge in [-0.05, 0) is 60.2 Å². The molecule has 0 spiro atoms. The summed E-state index contributed by atoms with van der Waals surface area (Å²) in [5, 5.41) is 9.44. The molecule has 37 heavy (non-hydrogen) atoms. The van der Waals surface area contributed by atoms with Crippen molar-refractivity contribution in [3.63, 3.8) is 0 Å². The zero-order valence-electron chi connectivity index (χ0n) is 19.7. The first kappa shape index (κ1) is 25.7. The Hall–Kier alpha value is -4.40. The van der Waals surface area contributed by atoms with Gasteiger partial charge in [0, 0.05) is 5.39 Å². The second-order valence-electron chi connectivity index (χ2n) is 8.28. The summed E-state index contributed by atoms with van der Waals surface area (Å²) in [6.45, 7) is 1.29. The molecule has 4 aromatic carbocycles. The Balaban J connectivity index is 0.000000265. The van der Waals surface area contributed by atoms with Crippen LogP contribution >= 0.6 is 0 Å². The SMILES string of the molecule is CC(COc1ccc2c(cnn2-c2ccc(F)cc2)c1)NC(=O)C(F)(F)F.c1ccc2ccccc2c1. The van der Waals surface area contributed by atoms with E-state index in [-0.39, 0.29) is 12.4 Å². The van der Waals surface area contributed by atoms with Gasteiger partial charge in [-0.2, -0.15) is 18.3 Å². The van der Waals surface area contributed by atoms with E-state index in [0.29, 0.717) is 11.4 Å². The standard InChI is InChI=1S/C18H15F4N3O2.C10H8/c1-11(24-17(26)18(20,21)22)10-27-15-6-7-16-12(8-15)9-23-25(16)14-4-2-13(19)3-5-14;1-2-6-10-8-4-3-7-9(10)5-1/h2-9,11H,10H2,1H3,(H,24,26);1-8H. The molecule has 0 bridgehead atoms. The number of nitrogens with zero attached hydrogens (tertiary/aromatic N) is 2. The Morgan fingerprint density at radius 3 is 2.08 bits per heavy atom. The molecule has 1 N–H and O–H groups in total. The molecule has 5 aromatic rings. The summed E-state index contributed by atoms with van der Waals surface area (Å²) in [6.07, 6.45) is -3.33. The maximum atomic E-state index is 13.1. The summed E-state index contributed by atoms with van der Waals surface area (Å²) >= 11 is 0. The van der Waals surface area contributed by atoms with Gasteiger partial charge >= 0.3 is 12.1 Å². The number of alkyl halides is 3. The van der Waals surface area contributed by atoms with Gasteiger partial charge in [0.1, 0.15) is 18.2 Å². The number of hydrogen-bond acceptors (Lipinski definition) is 3. The molecule has 0 radical (unpaired) electrons. The number of halogens is 4. The molecule has 1 atom stereocenters. The molecule has 1 heterocycles. The van der Waals surface area contributed by atoms with Crippen LogP contribution in [0.2, 0.25) is 0 Å². The van der Waals surface area contributed by atoms with Crippen molar-refractivity contribution < 1.29 is 27.1 Å². The van der Waals surface area contributed by atoms with E-state index in [9.17, 15) is 22.4 Å². The summed E-state index contributed by atoms with van der Waals surface area (Å²) in [6, 6.07) is 26.8. The topological polar surface area (TPSA) is 56.1 Å². The molecular weight excluding hydrogens is 486 g/mol. The first-order valence-corrected chi connectivity index (χ1v) is 11.4. The van der Waals surface area contributed by atoms with Crippen LogP contribution in [0.3, 0.4) is 0 Å². The van der Waals surface area contributed by atoms with Gasteiger partial charge in [-0.3, -0.25) is 4.79 Å². The van der Waals surface area contributed by atoms with Crippen LogP contribution in [0, 0.1) is 5.82 Å². The highest BCUT2D eigenvalue weighted by atomic mass is 19.4. The van der Waals surface area contributed by atoms with Crippen LogP contribution in [0.5, 0.6) is 5.75 Å². The lowest BCUT2D eigenvalue weighted by molar-refractivity contribution is -0.174. The van der Waals surface area contributed by atoms with Gasteiger partial charge in [0.25, 0.3) is 0 Å². The molecule has 0 aliphatic rings. The average molecular weight is 510 g/mol. The Kier molecular flexibility index (Phi) is 7.71. The monoisotopic (exact) mass is 509 g/mol. The van der Waals surface area contributed by atoms with Gasteiger partial charge in [0.15, 0.2) is 0 Å². The van der Waals surface area contributed by atoms with Gasteiger partial charge < -0.3 is 10.1 Å². The van der Waals surface area contributed by atoms with E-state index in [2.05, 4.69) is 53.6 Å². The molecular formula is C28H23F4N3O2. The second-order valence-corrected chi connectivity index (χ2v) is 8.28. The highest BCUT2D eigenvalue weighted by Gasteiger charge is 2.39. The van der Waals surface area contributed by atoms with Crippen molar-refractivity contribution in [2.75, 3.05) is 6.61 Å². The fraction of sp³-hybridized carbons (Fsp3) is 0.143. The smallest absolute Gasteiger partial charge is 0.471 e. The first-order chi connectivity index (χ1) is 17.7. The maximum Gasteiger partial charge on any atom is 0.471 e. The number of amides is 1. The first-order valence-electron chi connectivity index (χ1n) is 11.4. The van der Waals surface area contributed by atoms with Crippen LogP contribution in [-0.4, -0.2) is 34.5 Å². The number of carbonyl (C=O) groups is 1. The lowest BCUT2D eigenvalue weighted by Crippen LogP contribution is -2.44. The van der Waals surface area contributed by atoms with Gasteiger partial charge in [-0.1, -0.05) is 48.5 Å². The van der Waals surface area contributed by atoms with Crippen molar-refractivity contribution in [3.05, 3.63) is 103 Å². The van der Waals surface area contributed by atoms with E-state index in [1.807, 2.05) is 5.32 Å². The highest BCUT2D eigenvalue weighted by molar-refractivity contribution is 5.83. The van der Waals surface area contributed by atoms with Crippen LogP contribution in [-0.2, 0) is 4.79 Å². The molecule has 0 aliphatic heterocycles. The molecule has 0 saturated carbocycles. The minimum absolute atomic E-state index is 0.126. The van der Waals surface area contributed by atoms with Crippen molar-refractivity contribution >= 4 is 27.6 Å². The molecule has 1 amide bonds. The number of fused-ring (bicyclic) bond motifs is 2. The molecule has 1 unspecified atom stereocenters. The van der Waals surface area contributed by atoms with E-state index in [1.165, 1.54) is 29.8 Å². The largest absolute Gasteiger partial charge is 0.491 e. The summed E-state index contributed by atoms with van der Waals surface area (Å²) in [5.74, 6) is -1.93. The Bertz CT molecular complexity index is 1430. The molecule has 0 fully saturated rings. The van der Waals surface area contributed by atoms with Crippen LogP contribution in [0.15, 0.2) is 97.2 Å². The zero-order valence-corrected chi connectivity index (χ0v) is 19.7. The van der Waals surface area contributed by atoms with Crippen molar-refractivity contribution in [1.29, 1.82) is 0 Å². The number of benzene rings is 4. The van der Waals surface area contributed by atoms with Gasteiger partial charge in [-0.25, -0.2) is 9.07 Å². The summed E-state index contributed by atoms with van der Waals surface area (Å²) < 4.78 is 56.8. The van der Waals surface area contributed by atoms with Gasteiger partial charge in [-0.15, -0.1) is 0 Å². The number of nitrogens with one attached hydrogen (secondary N) is 1. The molecule has 5 nitrogen and oxygen atoms in total. The molecule has 5 rings (SSSR count). The van der Waals surface area contributed by atoms with Crippen LogP contribution in [0.1, 0.15) is 6.92 Å². The van der Waals surface area contributed by atoms with Crippen LogP contribution in [0.25, 0.3) is 27.4 Å². The van der Waals surface area contributed by atoms with E-state index >= 15 is 0 Å². The average Bonchev–Trinajstić information content (AvgIpc) is 3.31. The lowest BCUT2D eigenvalue weighted by Gasteiger charge is -2.16. The Morgan fingerprint density at radius 2 is 1.51 bits per heavy atom. The van der Waals surface area contributed by atoms with Crippen molar-refractivity contribution in [1.82, 2.24) is 15.1 Å². The molecule has 1 aromatic heterocycles. The fourth-order valence-electron chi connectivity index (χ4n) is 3.59. The number of carbonyl (C=O) groups excluding carboxylic acids is 1. The van der Waals surface area contributed by atoms with E-state index < -0.39 is 18.1 Å². The van der Waals surface area contributed by atoms with Crippen LogP contribution < -0.4 is 10.1 Å². The predicted molar refractivity (Wildman–Crippen MR) is 134 cm³/mol. The third kappa shape index (κ3) is 6.63. The second kappa shape index (κ2) is 11.1. The van der Waals surface area contributed by atoms with Crippen molar-refractivity contribution in [2.45, 2.75) is 19.1 Å². The Morgan fingerprint density at radius 1 is 0.919 bits per heavy atom. The van der Waals surface area contributed by atoms with Crippen molar-refractivity contribution in [3.8, 4) is 11.4 Å². The van der Waals surface area contributed by atoms with E-state index in [4.69, 9.17) is 4.74 Å².